The summed E-state index contributed by atoms with van der Waals surface area (Å²) in [6.07, 6.45) is -4.48. The van der Waals surface area contributed by atoms with Gasteiger partial charge in [-0.25, -0.2) is 0 Å². The summed E-state index contributed by atoms with van der Waals surface area (Å²) >= 11 is 10.7. The molecular weight excluding hydrogens is 489 g/mol. The number of halogens is 6. The number of hydrogen-bond donors (Lipinski definition) is 0. The molecule has 1 aromatic heterocycles. The average molecular weight is 493 g/mol. The second kappa shape index (κ2) is 5.90. The van der Waals surface area contributed by atoms with Gasteiger partial charge in [-0.1, -0.05) is 15.9 Å². The minimum atomic E-state index is -4.48. The molecular formula is C12H4Br3F3OS. The number of carbonyl (C=O) groups is 1. The number of carbonyl (C=O) groups excluding carboxylic acids is 1. The highest BCUT2D eigenvalue weighted by Gasteiger charge is 2.32. The molecule has 0 atom stereocenters. The van der Waals surface area contributed by atoms with E-state index in [1.165, 1.54) is 6.07 Å². The second-order valence-corrected chi connectivity index (χ2v) is 7.13. The molecule has 0 saturated heterocycles. The number of thiophene rings is 1. The van der Waals surface area contributed by atoms with Gasteiger partial charge < -0.3 is 0 Å². The summed E-state index contributed by atoms with van der Waals surface area (Å²) in [7, 11) is 0. The van der Waals surface area contributed by atoms with Crippen molar-refractivity contribution in [2.75, 3.05) is 0 Å². The first kappa shape index (κ1) is 16.2. The third-order valence-electron chi connectivity index (χ3n) is 2.43. The first-order chi connectivity index (χ1) is 9.21. The van der Waals surface area contributed by atoms with Crippen molar-refractivity contribution < 1.29 is 18.0 Å². The Bertz CT molecular complexity index is 679. The molecule has 8 heteroatoms. The molecule has 1 heterocycles. The van der Waals surface area contributed by atoms with Crippen molar-refractivity contribution >= 4 is 64.9 Å². The molecule has 0 fully saturated rings. The molecule has 0 aliphatic carbocycles. The molecule has 1 aromatic carbocycles. The van der Waals surface area contributed by atoms with E-state index in [0.717, 1.165) is 23.5 Å². The number of hydrogen-bond acceptors (Lipinski definition) is 2. The van der Waals surface area contributed by atoms with Gasteiger partial charge in [0.25, 0.3) is 0 Å². The minimum absolute atomic E-state index is 0.0186. The number of benzene rings is 1. The molecule has 1 nitrogen and oxygen atoms in total. The largest absolute Gasteiger partial charge is 0.416 e. The van der Waals surface area contributed by atoms with E-state index < -0.39 is 17.5 Å². The fraction of sp³-hybridized carbons (Fsp3) is 0.0833. The molecule has 106 valence electrons. The van der Waals surface area contributed by atoms with Crippen molar-refractivity contribution in [3.63, 3.8) is 0 Å². The van der Waals surface area contributed by atoms with Gasteiger partial charge in [0.1, 0.15) is 0 Å². The molecule has 0 amide bonds. The van der Waals surface area contributed by atoms with Gasteiger partial charge in [-0.2, -0.15) is 13.2 Å². The van der Waals surface area contributed by atoms with Gasteiger partial charge in [0.05, 0.1) is 14.9 Å². The highest BCUT2D eigenvalue weighted by Crippen LogP contribution is 2.37. The van der Waals surface area contributed by atoms with Crippen molar-refractivity contribution in [2.24, 2.45) is 0 Å². The molecule has 0 unspecified atom stereocenters. The van der Waals surface area contributed by atoms with E-state index in [1.54, 1.807) is 5.38 Å². The zero-order chi connectivity index (χ0) is 15.1. The topological polar surface area (TPSA) is 17.1 Å². The van der Waals surface area contributed by atoms with Crippen LogP contribution in [-0.4, -0.2) is 5.78 Å². The van der Waals surface area contributed by atoms with Crippen LogP contribution in [0.5, 0.6) is 0 Å². The average Bonchev–Trinajstić information content (AvgIpc) is 2.68. The Balaban J connectivity index is 2.52. The molecule has 0 radical (unpaired) electrons. The van der Waals surface area contributed by atoms with E-state index >= 15 is 0 Å². The Morgan fingerprint density at radius 1 is 1.10 bits per heavy atom. The quantitative estimate of drug-likeness (QED) is 0.451. The Labute approximate surface area is 141 Å². The summed E-state index contributed by atoms with van der Waals surface area (Å²) in [6, 6.07) is 3.01. The SMILES string of the molecule is O=C(c1cc(C(F)(F)F)ccc1Br)c1scc(Br)c1Br. The van der Waals surface area contributed by atoms with Gasteiger partial charge in [-0.05, 0) is 50.1 Å². The van der Waals surface area contributed by atoms with E-state index in [4.69, 9.17) is 0 Å². The zero-order valence-corrected chi connectivity index (χ0v) is 15.0. The van der Waals surface area contributed by atoms with Gasteiger partial charge in [-0.15, -0.1) is 11.3 Å². The van der Waals surface area contributed by atoms with Crippen LogP contribution in [0, 0.1) is 0 Å². The van der Waals surface area contributed by atoms with Crippen LogP contribution < -0.4 is 0 Å². The van der Waals surface area contributed by atoms with Gasteiger partial charge in [0.2, 0.25) is 5.78 Å². The summed E-state index contributed by atoms with van der Waals surface area (Å²) in [6.45, 7) is 0. The van der Waals surface area contributed by atoms with Crippen molar-refractivity contribution in [1.82, 2.24) is 0 Å². The fourth-order valence-electron chi connectivity index (χ4n) is 1.47. The van der Waals surface area contributed by atoms with Gasteiger partial charge >= 0.3 is 6.18 Å². The maximum atomic E-state index is 12.7. The lowest BCUT2D eigenvalue weighted by molar-refractivity contribution is -0.137. The summed E-state index contributed by atoms with van der Waals surface area (Å²) in [5, 5.41) is 1.69. The van der Waals surface area contributed by atoms with Crippen molar-refractivity contribution in [3.8, 4) is 0 Å². The van der Waals surface area contributed by atoms with Gasteiger partial charge in [0, 0.05) is 19.9 Å². The molecule has 0 bridgehead atoms. The van der Waals surface area contributed by atoms with Crippen LogP contribution in [0.25, 0.3) is 0 Å². The maximum absolute atomic E-state index is 12.7. The van der Waals surface area contributed by atoms with E-state index in [0.29, 0.717) is 18.3 Å². The number of rotatable bonds is 2. The Hall–Kier alpha value is -0.180. The van der Waals surface area contributed by atoms with Crippen LogP contribution in [0.1, 0.15) is 20.8 Å². The Morgan fingerprint density at radius 3 is 2.25 bits per heavy atom. The van der Waals surface area contributed by atoms with Crippen LogP contribution in [0.4, 0.5) is 13.2 Å². The summed E-state index contributed by atoms with van der Waals surface area (Å²) < 4.78 is 39.7. The summed E-state index contributed by atoms with van der Waals surface area (Å²) in [5.41, 5.74) is -0.870. The van der Waals surface area contributed by atoms with Crippen LogP contribution in [-0.2, 0) is 6.18 Å². The third kappa shape index (κ3) is 3.18. The monoisotopic (exact) mass is 490 g/mol. The van der Waals surface area contributed by atoms with Crippen molar-refractivity contribution in [2.45, 2.75) is 6.18 Å². The third-order valence-corrected chi connectivity index (χ3v) is 6.65. The first-order valence-electron chi connectivity index (χ1n) is 5.05. The van der Waals surface area contributed by atoms with E-state index in [1.807, 2.05) is 0 Å². The van der Waals surface area contributed by atoms with Crippen LogP contribution >= 0.6 is 59.1 Å². The van der Waals surface area contributed by atoms with E-state index in [2.05, 4.69) is 47.8 Å². The Kier molecular flexibility index (Phi) is 4.78. The zero-order valence-electron chi connectivity index (χ0n) is 9.39. The molecule has 20 heavy (non-hydrogen) atoms. The van der Waals surface area contributed by atoms with Crippen LogP contribution in [0.15, 0.2) is 37.0 Å². The molecule has 0 aliphatic rings. The van der Waals surface area contributed by atoms with E-state index in [-0.39, 0.29) is 5.56 Å². The number of ketones is 1. The van der Waals surface area contributed by atoms with Crippen LogP contribution in [0.2, 0.25) is 0 Å². The molecule has 0 spiro atoms. The van der Waals surface area contributed by atoms with E-state index in [9.17, 15) is 18.0 Å². The molecule has 0 aliphatic heterocycles. The van der Waals surface area contributed by atoms with Gasteiger partial charge in [0.15, 0.2) is 0 Å². The fourth-order valence-corrected chi connectivity index (χ4v) is 4.01. The Morgan fingerprint density at radius 2 is 1.75 bits per heavy atom. The molecule has 0 saturated carbocycles. The van der Waals surface area contributed by atoms with Crippen LogP contribution in [0.3, 0.4) is 0 Å². The first-order valence-corrected chi connectivity index (χ1v) is 8.31. The molecule has 2 aromatic rings. The highest BCUT2D eigenvalue weighted by molar-refractivity contribution is 9.13. The van der Waals surface area contributed by atoms with Gasteiger partial charge in [-0.3, -0.25) is 4.79 Å². The normalized spacial score (nSPS) is 11.7. The summed E-state index contributed by atoms with van der Waals surface area (Å²) in [4.78, 5) is 12.7. The predicted molar refractivity (Wildman–Crippen MR) is 82.3 cm³/mol. The maximum Gasteiger partial charge on any atom is 0.416 e. The smallest absolute Gasteiger partial charge is 0.288 e. The lowest BCUT2D eigenvalue weighted by Crippen LogP contribution is -2.08. The molecule has 0 N–H and O–H groups in total. The summed E-state index contributed by atoms with van der Waals surface area (Å²) in [5.74, 6) is -0.467. The highest BCUT2D eigenvalue weighted by atomic mass is 79.9. The van der Waals surface area contributed by atoms with Crippen molar-refractivity contribution in [1.29, 1.82) is 0 Å². The lowest BCUT2D eigenvalue weighted by atomic mass is 10.1. The predicted octanol–water partition coefficient (Wildman–Crippen LogP) is 6.29. The standard InChI is InChI=1S/C12H4Br3F3OS/c13-7-2-1-5(12(16,17)18)3-6(7)10(19)11-9(15)8(14)4-20-11/h1-4H. The minimum Gasteiger partial charge on any atom is -0.288 e. The number of alkyl halides is 3. The van der Waals surface area contributed by atoms with Crippen molar-refractivity contribution in [3.05, 3.63) is 53.0 Å². The lowest BCUT2D eigenvalue weighted by Gasteiger charge is -2.09. The molecule has 2 rings (SSSR count). The second-order valence-electron chi connectivity index (χ2n) is 3.75.